The number of anilines is 4. The quantitative estimate of drug-likeness (QED) is 0.0406. The zero-order valence-electron chi connectivity index (χ0n) is 34.0. The smallest absolute Gasteiger partial charge is 0.422 e. The number of carbonyl (C=O) groups is 4. The van der Waals surface area contributed by atoms with E-state index in [1.54, 1.807) is 43.5 Å². The van der Waals surface area contributed by atoms with Crippen LogP contribution in [0, 0.1) is 5.41 Å². The minimum absolute atomic E-state index is 0.00357. The average molecular weight is 868 g/mol. The summed E-state index contributed by atoms with van der Waals surface area (Å²) in [4.78, 5) is 62.6. The Kier molecular flexibility index (Phi) is 15.8. The molecule has 6 N–H and O–H groups in total. The Labute approximate surface area is 356 Å². The summed E-state index contributed by atoms with van der Waals surface area (Å²) in [6, 6.07) is 19.9. The van der Waals surface area contributed by atoms with Crippen LogP contribution >= 0.6 is 11.6 Å². The summed E-state index contributed by atoms with van der Waals surface area (Å²) >= 11 is 6.05. The molecule has 4 amide bonds. The van der Waals surface area contributed by atoms with Crippen LogP contribution in [-0.2, 0) is 31.1 Å². The van der Waals surface area contributed by atoms with E-state index in [1.165, 1.54) is 12.1 Å². The average Bonchev–Trinajstić information content (AvgIpc) is 4.01. The molecule has 0 spiro atoms. The van der Waals surface area contributed by atoms with Gasteiger partial charge in [0.25, 0.3) is 5.91 Å². The molecule has 1 aliphatic rings. The van der Waals surface area contributed by atoms with Crippen LogP contribution in [0.3, 0.4) is 0 Å². The lowest BCUT2D eigenvalue weighted by atomic mass is 9.93. The van der Waals surface area contributed by atoms with Crippen molar-refractivity contribution < 1.29 is 41.8 Å². The molecular weight excluding hydrogens is 819 g/mol. The van der Waals surface area contributed by atoms with Crippen molar-refractivity contribution in [1.82, 2.24) is 30.9 Å². The predicted octanol–water partition coefficient (Wildman–Crippen LogP) is 6.30. The van der Waals surface area contributed by atoms with Crippen LogP contribution in [-0.4, -0.2) is 84.7 Å². The van der Waals surface area contributed by atoms with Crippen molar-refractivity contribution >= 4 is 58.5 Å². The number of ether oxygens (including phenoxy) is 2. The third-order valence-electron chi connectivity index (χ3n) is 9.47. The first-order chi connectivity index (χ1) is 29.0. The lowest BCUT2D eigenvalue weighted by Crippen LogP contribution is -2.44. The Bertz CT molecular complexity index is 2120. The minimum atomic E-state index is -4.62. The monoisotopic (exact) mass is 867 g/mol. The first kappa shape index (κ1) is 46.1. The Morgan fingerprint density at radius 3 is 2.10 bits per heavy atom. The van der Waals surface area contributed by atoms with Gasteiger partial charge in [-0.25, -0.2) is 0 Å². The molecule has 1 heterocycles. The topological polar surface area (TPSA) is 198 Å². The summed E-state index contributed by atoms with van der Waals surface area (Å²) < 4.78 is 48.8. The molecule has 1 aliphatic carbocycles. The molecule has 3 aromatic carbocycles. The molecule has 326 valence electrons. The molecule has 4 aromatic rings. The Morgan fingerprint density at radius 1 is 0.787 bits per heavy atom. The van der Waals surface area contributed by atoms with E-state index in [9.17, 15) is 32.3 Å². The SMILES string of the molecule is COCCCNC(=O)CCCc1ccc(NC(=O)C(=O)NCC(C)(C)CNC(=O)c2ccc(Nc3nc(NC4(c5ccc(Cl)cc5)CC4)nc(OCC(F)(F)F)n3)cc2)cc1. The highest BCUT2D eigenvalue weighted by atomic mass is 35.5. The van der Waals surface area contributed by atoms with Crippen molar-refractivity contribution in [3.05, 3.63) is 94.5 Å². The van der Waals surface area contributed by atoms with Crippen molar-refractivity contribution in [3.8, 4) is 6.01 Å². The van der Waals surface area contributed by atoms with E-state index in [-0.39, 0.29) is 30.9 Å². The number of nitrogens with zero attached hydrogens (tertiary/aromatic N) is 3. The van der Waals surface area contributed by atoms with Gasteiger partial charge in [-0.3, -0.25) is 19.2 Å². The van der Waals surface area contributed by atoms with Gasteiger partial charge < -0.3 is 41.4 Å². The molecule has 5 rings (SSSR count). The van der Waals surface area contributed by atoms with E-state index in [4.69, 9.17) is 21.1 Å². The maximum atomic E-state index is 13.0. The van der Waals surface area contributed by atoms with Crippen molar-refractivity contribution in [3.63, 3.8) is 0 Å². The fraction of sp³-hybridized carbons (Fsp3) is 0.405. The number of rotatable bonds is 21. The van der Waals surface area contributed by atoms with Gasteiger partial charge in [0.2, 0.25) is 17.8 Å². The number of carbonyl (C=O) groups excluding carboxylic acids is 4. The van der Waals surface area contributed by atoms with E-state index in [1.807, 2.05) is 38.1 Å². The summed E-state index contributed by atoms with van der Waals surface area (Å²) in [5.74, 6) is -2.18. The van der Waals surface area contributed by atoms with E-state index in [0.29, 0.717) is 54.4 Å². The van der Waals surface area contributed by atoms with E-state index in [0.717, 1.165) is 30.4 Å². The normalized spacial score (nSPS) is 13.1. The number of aromatic nitrogens is 3. The van der Waals surface area contributed by atoms with Gasteiger partial charge in [-0.05, 0) is 97.2 Å². The van der Waals surface area contributed by atoms with Gasteiger partial charge in [-0.2, -0.15) is 28.1 Å². The minimum Gasteiger partial charge on any atom is -0.454 e. The van der Waals surface area contributed by atoms with Gasteiger partial charge in [0.15, 0.2) is 6.61 Å². The highest BCUT2D eigenvalue weighted by Crippen LogP contribution is 2.48. The van der Waals surface area contributed by atoms with Crippen molar-refractivity contribution in [1.29, 1.82) is 0 Å². The van der Waals surface area contributed by atoms with Crippen LogP contribution in [0.25, 0.3) is 0 Å². The fourth-order valence-electron chi connectivity index (χ4n) is 5.92. The first-order valence-electron chi connectivity index (χ1n) is 19.6. The summed E-state index contributed by atoms with van der Waals surface area (Å²) in [6.07, 6.45) is -0.659. The standard InChI is InChI=1S/C42H49ClF3N9O6/c1-40(2,25-49-35(58)36(59)50-31-16-8-27(9-17-31)6-4-7-33(56)47-22-5-23-60-3)24-48-34(57)28-10-18-32(19-11-28)51-37-52-38(54-39(53-37)61-26-42(44,45)46)55-41(20-21-41)29-12-14-30(43)15-13-29/h8-19H,4-7,20-26H2,1-3H3,(H,47,56)(H,48,57)(H,49,58)(H,50,59)(H2,51,52,53,54,55). The second kappa shape index (κ2) is 21.0. The van der Waals surface area contributed by atoms with Crippen LogP contribution in [0.2, 0.25) is 5.02 Å². The molecule has 0 radical (unpaired) electrons. The number of nitrogens with one attached hydrogen (secondary N) is 6. The number of amides is 4. The molecule has 0 unspecified atom stereocenters. The molecule has 0 atom stereocenters. The number of benzene rings is 3. The zero-order chi connectivity index (χ0) is 44.0. The maximum Gasteiger partial charge on any atom is 0.422 e. The third kappa shape index (κ3) is 15.2. The summed E-state index contributed by atoms with van der Waals surface area (Å²) in [6.45, 7) is 3.43. The van der Waals surface area contributed by atoms with Gasteiger partial charge in [-0.1, -0.05) is 49.7 Å². The highest BCUT2D eigenvalue weighted by Gasteiger charge is 2.45. The molecule has 19 heteroatoms. The van der Waals surface area contributed by atoms with Crippen LogP contribution in [0.15, 0.2) is 72.8 Å². The Hall–Kier alpha value is -6.01. The second-order valence-corrected chi connectivity index (χ2v) is 15.8. The van der Waals surface area contributed by atoms with Gasteiger partial charge in [-0.15, -0.1) is 0 Å². The van der Waals surface area contributed by atoms with E-state index < -0.39 is 47.5 Å². The van der Waals surface area contributed by atoms with E-state index >= 15 is 0 Å². The Morgan fingerprint density at radius 2 is 1.44 bits per heavy atom. The lowest BCUT2D eigenvalue weighted by Gasteiger charge is -2.25. The number of hydrogen-bond donors (Lipinski definition) is 6. The molecule has 0 saturated heterocycles. The van der Waals surface area contributed by atoms with Crippen molar-refractivity contribution in [2.24, 2.45) is 5.41 Å². The number of halogens is 4. The summed E-state index contributed by atoms with van der Waals surface area (Å²) in [5.41, 5.74) is 1.91. The molecule has 1 fully saturated rings. The second-order valence-electron chi connectivity index (χ2n) is 15.3. The zero-order valence-corrected chi connectivity index (χ0v) is 34.8. The number of methoxy groups -OCH3 is 1. The molecule has 15 nitrogen and oxygen atoms in total. The molecular formula is C42H49ClF3N9O6. The molecule has 1 saturated carbocycles. The predicted molar refractivity (Wildman–Crippen MR) is 224 cm³/mol. The summed E-state index contributed by atoms with van der Waals surface area (Å²) in [5, 5.41) is 17.6. The number of hydrogen-bond acceptors (Lipinski definition) is 11. The van der Waals surface area contributed by atoms with Gasteiger partial charge in [0.05, 0.1) is 5.54 Å². The Balaban J connectivity index is 1.07. The van der Waals surface area contributed by atoms with Crippen LogP contribution in [0.4, 0.5) is 36.4 Å². The number of aryl methyl sites for hydroxylation is 1. The molecule has 1 aromatic heterocycles. The first-order valence-corrected chi connectivity index (χ1v) is 20.0. The maximum absolute atomic E-state index is 13.0. The highest BCUT2D eigenvalue weighted by molar-refractivity contribution is 6.39. The largest absolute Gasteiger partial charge is 0.454 e. The van der Waals surface area contributed by atoms with Crippen LogP contribution in [0.1, 0.15) is 67.4 Å². The van der Waals surface area contributed by atoms with Gasteiger partial charge in [0.1, 0.15) is 0 Å². The molecule has 0 bridgehead atoms. The number of alkyl halides is 3. The molecule has 61 heavy (non-hydrogen) atoms. The van der Waals surface area contributed by atoms with Gasteiger partial charge in [0, 0.05) is 61.7 Å². The lowest BCUT2D eigenvalue weighted by molar-refractivity contribution is -0.154. The summed E-state index contributed by atoms with van der Waals surface area (Å²) in [7, 11) is 1.61. The van der Waals surface area contributed by atoms with Gasteiger partial charge >= 0.3 is 24.0 Å². The third-order valence-corrected chi connectivity index (χ3v) is 9.72. The molecule has 0 aliphatic heterocycles. The fourth-order valence-corrected chi connectivity index (χ4v) is 6.05. The van der Waals surface area contributed by atoms with E-state index in [2.05, 4.69) is 46.9 Å². The van der Waals surface area contributed by atoms with Crippen molar-refractivity contribution in [2.45, 2.75) is 64.1 Å². The van der Waals surface area contributed by atoms with Crippen LogP contribution in [0.5, 0.6) is 6.01 Å². The van der Waals surface area contributed by atoms with Crippen molar-refractivity contribution in [2.75, 3.05) is 55.9 Å². The van der Waals surface area contributed by atoms with Crippen LogP contribution < -0.4 is 36.6 Å².